The van der Waals surface area contributed by atoms with Gasteiger partial charge < -0.3 is 14.4 Å². The second kappa shape index (κ2) is 7.48. The van der Waals surface area contributed by atoms with Crippen LogP contribution >= 0.6 is 0 Å². The Morgan fingerprint density at radius 1 is 1.36 bits per heavy atom. The molecule has 2 rings (SSSR count). The maximum atomic E-state index is 12.2. The zero-order valence-corrected chi connectivity index (χ0v) is 17.0. The van der Waals surface area contributed by atoms with Crippen molar-refractivity contribution >= 4 is 14.2 Å². The van der Waals surface area contributed by atoms with Gasteiger partial charge in [-0.05, 0) is 26.8 Å². The van der Waals surface area contributed by atoms with Crippen molar-refractivity contribution in [2.75, 3.05) is 13.1 Å². The Morgan fingerprint density at radius 3 is 2.72 bits per heavy atom. The van der Waals surface area contributed by atoms with E-state index in [2.05, 4.69) is 36.1 Å². The standard InChI is InChI=1S/C19H28N2O3Si/c1-19(2,3)24-18(22)21-11-8-16(14-21)23-17-13-20-10-7-15(17)9-12-25(4,5)6/h7,10,13,16H,8,11,14H2,1-6H3. The number of ether oxygens (including phenoxy) is 2. The maximum Gasteiger partial charge on any atom is 0.410 e. The number of amides is 1. The summed E-state index contributed by atoms with van der Waals surface area (Å²) in [6, 6.07) is 1.88. The smallest absolute Gasteiger partial charge is 0.410 e. The zero-order chi connectivity index (χ0) is 18.7. The third kappa shape index (κ3) is 6.43. The monoisotopic (exact) mass is 360 g/mol. The van der Waals surface area contributed by atoms with E-state index in [4.69, 9.17) is 9.47 Å². The Hall–Kier alpha value is -2.00. The molecule has 6 heteroatoms. The summed E-state index contributed by atoms with van der Waals surface area (Å²) in [6.45, 7) is 13.4. The highest BCUT2D eigenvalue weighted by molar-refractivity contribution is 6.83. The summed E-state index contributed by atoms with van der Waals surface area (Å²) in [6.07, 6.45) is 3.84. The molecule has 0 aliphatic carbocycles. The Morgan fingerprint density at radius 2 is 2.08 bits per heavy atom. The van der Waals surface area contributed by atoms with Crippen molar-refractivity contribution in [3.05, 3.63) is 24.0 Å². The topological polar surface area (TPSA) is 51.7 Å². The quantitative estimate of drug-likeness (QED) is 0.596. The number of hydrogen-bond acceptors (Lipinski definition) is 4. The van der Waals surface area contributed by atoms with Gasteiger partial charge in [0.05, 0.1) is 18.3 Å². The predicted octanol–water partition coefficient (Wildman–Crippen LogP) is 3.70. The molecule has 1 fully saturated rings. The van der Waals surface area contributed by atoms with Crippen molar-refractivity contribution in [3.63, 3.8) is 0 Å². The van der Waals surface area contributed by atoms with Gasteiger partial charge in [0, 0.05) is 19.2 Å². The third-order valence-corrected chi connectivity index (χ3v) is 4.32. The van der Waals surface area contributed by atoms with Crippen LogP contribution in [0.4, 0.5) is 4.79 Å². The second-order valence-corrected chi connectivity index (χ2v) is 13.1. The van der Waals surface area contributed by atoms with Crippen LogP contribution in [0.2, 0.25) is 19.6 Å². The molecule has 1 aromatic heterocycles. The highest BCUT2D eigenvalue weighted by Crippen LogP contribution is 2.22. The van der Waals surface area contributed by atoms with E-state index in [9.17, 15) is 4.79 Å². The first kappa shape index (κ1) is 19.3. The largest absolute Gasteiger partial charge is 0.486 e. The average Bonchev–Trinajstić information content (AvgIpc) is 2.92. The lowest BCUT2D eigenvalue weighted by molar-refractivity contribution is 0.0275. The van der Waals surface area contributed by atoms with Gasteiger partial charge in [0.1, 0.15) is 19.8 Å². The molecule has 0 N–H and O–H groups in total. The van der Waals surface area contributed by atoms with E-state index in [1.165, 1.54) is 0 Å². The molecule has 0 radical (unpaired) electrons. The van der Waals surface area contributed by atoms with Gasteiger partial charge in [-0.1, -0.05) is 25.6 Å². The Kier molecular flexibility index (Phi) is 5.78. The molecular formula is C19H28N2O3Si. The molecule has 0 spiro atoms. The first-order valence-corrected chi connectivity index (χ1v) is 12.2. The minimum absolute atomic E-state index is 0.0656. The molecule has 1 aliphatic heterocycles. The van der Waals surface area contributed by atoms with E-state index in [0.717, 1.165) is 12.0 Å². The maximum absolute atomic E-state index is 12.2. The number of likely N-dealkylation sites (tertiary alicyclic amines) is 1. The lowest BCUT2D eigenvalue weighted by atomic mass is 10.2. The molecule has 25 heavy (non-hydrogen) atoms. The van der Waals surface area contributed by atoms with Crippen LogP contribution in [-0.2, 0) is 4.74 Å². The SMILES string of the molecule is CC(C)(C)OC(=O)N1CCC(Oc2cnccc2C#C[Si](C)(C)C)C1. The number of carbonyl (C=O) groups is 1. The minimum atomic E-state index is -1.46. The molecule has 1 aliphatic rings. The summed E-state index contributed by atoms with van der Waals surface area (Å²) in [4.78, 5) is 18.0. The van der Waals surface area contributed by atoms with Gasteiger partial charge in [-0.25, -0.2) is 4.79 Å². The fourth-order valence-electron chi connectivity index (χ4n) is 2.33. The normalized spacial score (nSPS) is 17.7. The molecule has 0 aromatic carbocycles. The number of pyridine rings is 1. The van der Waals surface area contributed by atoms with Gasteiger partial charge in [-0.3, -0.25) is 4.98 Å². The highest BCUT2D eigenvalue weighted by Gasteiger charge is 2.31. The van der Waals surface area contributed by atoms with E-state index < -0.39 is 13.7 Å². The summed E-state index contributed by atoms with van der Waals surface area (Å²) < 4.78 is 11.5. The minimum Gasteiger partial charge on any atom is -0.486 e. The van der Waals surface area contributed by atoms with Crippen LogP contribution in [0, 0.1) is 11.5 Å². The Bertz CT molecular complexity index is 680. The van der Waals surface area contributed by atoms with Gasteiger partial charge in [-0.2, -0.15) is 0 Å². The van der Waals surface area contributed by atoms with Gasteiger partial charge >= 0.3 is 6.09 Å². The van der Waals surface area contributed by atoms with E-state index in [1.54, 1.807) is 17.3 Å². The number of rotatable bonds is 2. The van der Waals surface area contributed by atoms with Gasteiger partial charge in [-0.15, -0.1) is 5.54 Å². The number of hydrogen-bond donors (Lipinski definition) is 0. The van der Waals surface area contributed by atoms with Gasteiger partial charge in [0.15, 0.2) is 5.75 Å². The number of nitrogens with zero attached hydrogens (tertiary/aromatic N) is 2. The zero-order valence-electron chi connectivity index (χ0n) is 16.0. The summed E-state index contributed by atoms with van der Waals surface area (Å²) in [5.74, 6) is 3.92. The molecule has 1 amide bonds. The molecule has 1 aromatic rings. The first-order chi connectivity index (χ1) is 11.5. The third-order valence-electron chi connectivity index (χ3n) is 3.45. The van der Waals surface area contributed by atoms with E-state index in [1.807, 2.05) is 26.8 Å². The van der Waals surface area contributed by atoms with Gasteiger partial charge in [0.25, 0.3) is 0 Å². The predicted molar refractivity (Wildman–Crippen MR) is 101 cm³/mol. The van der Waals surface area contributed by atoms with Crippen molar-refractivity contribution in [1.82, 2.24) is 9.88 Å². The molecule has 0 bridgehead atoms. The van der Waals surface area contributed by atoms with Crippen molar-refractivity contribution in [3.8, 4) is 17.2 Å². The van der Waals surface area contributed by atoms with Crippen LogP contribution in [0.15, 0.2) is 18.5 Å². The summed E-state index contributed by atoms with van der Waals surface area (Å²) in [7, 11) is -1.46. The molecule has 0 saturated carbocycles. The summed E-state index contributed by atoms with van der Waals surface area (Å²) in [5.41, 5.74) is 3.72. The average molecular weight is 361 g/mol. The molecule has 136 valence electrons. The van der Waals surface area contributed by atoms with Crippen LogP contribution < -0.4 is 4.74 Å². The van der Waals surface area contributed by atoms with Crippen molar-refractivity contribution < 1.29 is 14.3 Å². The fraction of sp³-hybridized carbons (Fsp3) is 0.579. The molecule has 1 atom stereocenters. The highest BCUT2D eigenvalue weighted by atomic mass is 28.3. The van der Waals surface area contributed by atoms with Crippen LogP contribution in [0.3, 0.4) is 0 Å². The Labute approximate surface area is 151 Å². The summed E-state index contributed by atoms with van der Waals surface area (Å²) >= 11 is 0. The van der Waals surface area contributed by atoms with Crippen LogP contribution in [-0.4, -0.2) is 48.8 Å². The van der Waals surface area contributed by atoms with Crippen LogP contribution in [0.25, 0.3) is 0 Å². The van der Waals surface area contributed by atoms with Crippen molar-refractivity contribution in [2.45, 2.75) is 58.5 Å². The lowest BCUT2D eigenvalue weighted by Gasteiger charge is -2.24. The van der Waals surface area contributed by atoms with Crippen molar-refractivity contribution in [1.29, 1.82) is 0 Å². The second-order valence-electron chi connectivity index (χ2n) is 8.33. The van der Waals surface area contributed by atoms with E-state index in [-0.39, 0.29) is 12.2 Å². The number of carbonyl (C=O) groups excluding carboxylic acids is 1. The Balaban J connectivity index is 2.02. The van der Waals surface area contributed by atoms with E-state index >= 15 is 0 Å². The first-order valence-electron chi connectivity index (χ1n) is 8.65. The molecule has 5 nitrogen and oxygen atoms in total. The molecule has 2 heterocycles. The molecule has 1 unspecified atom stereocenters. The van der Waals surface area contributed by atoms with E-state index in [0.29, 0.717) is 18.8 Å². The van der Waals surface area contributed by atoms with Crippen LogP contribution in [0.5, 0.6) is 5.75 Å². The van der Waals surface area contributed by atoms with Crippen LogP contribution in [0.1, 0.15) is 32.8 Å². The number of aromatic nitrogens is 1. The van der Waals surface area contributed by atoms with Crippen molar-refractivity contribution in [2.24, 2.45) is 0 Å². The summed E-state index contributed by atoms with van der Waals surface area (Å²) in [5, 5.41) is 0. The fourth-order valence-corrected chi connectivity index (χ4v) is 2.84. The molecular weight excluding hydrogens is 332 g/mol. The lowest BCUT2D eigenvalue weighted by Crippen LogP contribution is -2.36. The molecule has 1 saturated heterocycles. The van der Waals surface area contributed by atoms with Gasteiger partial charge in [0.2, 0.25) is 0 Å².